The van der Waals surface area contributed by atoms with Crippen LogP contribution in [0.3, 0.4) is 0 Å². The minimum absolute atomic E-state index is 0.374. The lowest BCUT2D eigenvalue weighted by Gasteiger charge is -2.27. The van der Waals surface area contributed by atoms with Crippen LogP contribution in [0.15, 0.2) is 71.8 Å². The van der Waals surface area contributed by atoms with Crippen LogP contribution in [-0.4, -0.2) is 47.5 Å². The van der Waals surface area contributed by atoms with Gasteiger partial charge in [-0.1, -0.05) is 60.7 Å². The second-order valence-corrected chi connectivity index (χ2v) is 7.76. The number of aryl methyl sites for hydroxylation is 1. The molecule has 2 heterocycles. The molecule has 0 aliphatic carbocycles. The number of morpholine rings is 1. The molecular formula is C25H25N7O. The summed E-state index contributed by atoms with van der Waals surface area (Å²) in [4.78, 5) is 15.9. The molecule has 33 heavy (non-hydrogen) atoms. The molecule has 0 bridgehead atoms. The molecule has 2 N–H and O–H groups in total. The Morgan fingerprint density at radius 2 is 1.64 bits per heavy atom. The summed E-state index contributed by atoms with van der Waals surface area (Å²) in [6.45, 7) is 4.79. The van der Waals surface area contributed by atoms with E-state index in [2.05, 4.69) is 53.9 Å². The molecule has 0 saturated carbocycles. The van der Waals surface area contributed by atoms with E-state index in [1.54, 1.807) is 6.21 Å². The van der Waals surface area contributed by atoms with Crippen molar-refractivity contribution < 1.29 is 4.74 Å². The number of hydrogen-bond donors (Lipinski definition) is 2. The molecule has 8 heteroatoms. The average molecular weight is 440 g/mol. The van der Waals surface area contributed by atoms with Crippen molar-refractivity contribution in [3.8, 4) is 0 Å². The van der Waals surface area contributed by atoms with Gasteiger partial charge in [0.05, 0.1) is 19.4 Å². The van der Waals surface area contributed by atoms with Gasteiger partial charge in [0.15, 0.2) is 0 Å². The maximum absolute atomic E-state index is 5.48. The Balaban J connectivity index is 1.45. The molecule has 8 nitrogen and oxygen atoms in total. The summed E-state index contributed by atoms with van der Waals surface area (Å²) in [5.41, 5.74) is 6.08. The Labute approximate surface area is 192 Å². The second-order valence-electron chi connectivity index (χ2n) is 7.76. The first-order chi connectivity index (χ1) is 16.3. The Hall–Kier alpha value is -4.04. The molecule has 5 rings (SSSR count). The minimum Gasteiger partial charge on any atom is -0.378 e. The van der Waals surface area contributed by atoms with Gasteiger partial charge in [0.2, 0.25) is 17.8 Å². The lowest BCUT2D eigenvalue weighted by Crippen LogP contribution is -2.37. The van der Waals surface area contributed by atoms with Crippen LogP contribution in [0, 0.1) is 6.92 Å². The van der Waals surface area contributed by atoms with E-state index < -0.39 is 0 Å². The number of nitrogens with zero attached hydrogens (tertiary/aromatic N) is 5. The van der Waals surface area contributed by atoms with E-state index in [9.17, 15) is 0 Å². The van der Waals surface area contributed by atoms with Gasteiger partial charge in [-0.3, -0.25) is 0 Å². The van der Waals surface area contributed by atoms with E-state index in [4.69, 9.17) is 4.74 Å². The maximum Gasteiger partial charge on any atom is 0.250 e. The van der Waals surface area contributed by atoms with E-state index in [-0.39, 0.29) is 0 Å². The lowest BCUT2D eigenvalue weighted by molar-refractivity contribution is 0.122. The minimum atomic E-state index is 0.374. The van der Waals surface area contributed by atoms with E-state index in [1.807, 2.05) is 55.5 Å². The number of nitrogens with one attached hydrogen (secondary N) is 2. The van der Waals surface area contributed by atoms with Gasteiger partial charge >= 0.3 is 0 Å². The Morgan fingerprint density at radius 1 is 0.879 bits per heavy atom. The Kier molecular flexibility index (Phi) is 6.08. The zero-order valence-corrected chi connectivity index (χ0v) is 18.4. The fourth-order valence-electron chi connectivity index (χ4n) is 3.72. The third-order valence-electron chi connectivity index (χ3n) is 5.51. The van der Waals surface area contributed by atoms with Gasteiger partial charge in [0, 0.05) is 24.2 Å². The largest absolute Gasteiger partial charge is 0.378 e. The van der Waals surface area contributed by atoms with Gasteiger partial charge in [-0.05, 0) is 29.5 Å². The smallest absolute Gasteiger partial charge is 0.250 e. The number of hydrazone groups is 1. The molecule has 1 aromatic heterocycles. The molecule has 0 amide bonds. The molecule has 1 fully saturated rings. The van der Waals surface area contributed by atoms with Crippen LogP contribution < -0.4 is 15.6 Å². The first-order valence-corrected chi connectivity index (χ1v) is 10.9. The summed E-state index contributed by atoms with van der Waals surface area (Å²) in [5.74, 6) is 1.42. The van der Waals surface area contributed by atoms with Gasteiger partial charge < -0.3 is 15.0 Å². The normalized spacial score (nSPS) is 14.0. The maximum atomic E-state index is 5.48. The van der Waals surface area contributed by atoms with Gasteiger partial charge in [-0.25, -0.2) is 5.43 Å². The fraction of sp³-hybridized carbons (Fsp3) is 0.200. The molecular weight excluding hydrogens is 414 g/mol. The number of rotatable bonds is 6. The first kappa shape index (κ1) is 20.8. The zero-order chi connectivity index (χ0) is 22.5. The van der Waals surface area contributed by atoms with E-state index in [0.29, 0.717) is 31.1 Å². The van der Waals surface area contributed by atoms with Crippen molar-refractivity contribution in [2.75, 3.05) is 41.9 Å². The van der Waals surface area contributed by atoms with Crippen LogP contribution in [0.25, 0.3) is 10.8 Å². The van der Waals surface area contributed by atoms with E-state index in [0.717, 1.165) is 40.7 Å². The zero-order valence-electron chi connectivity index (χ0n) is 18.4. The quantitative estimate of drug-likeness (QED) is 0.341. The summed E-state index contributed by atoms with van der Waals surface area (Å²) in [6.07, 6.45) is 1.77. The van der Waals surface area contributed by atoms with Crippen molar-refractivity contribution in [2.45, 2.75) is 6.92 Å². The first-order valence-electron chi connectivity index (χ1n) is 10.9. The van der Waals surface area contributed by atoms with Crippen molar-refractivity contribution in [1.29, 1.82) is 0 Å². The van der Waals surface area contributed by atoms with Gasteiger partial charge in [0.25, 0.3) is 0 Å². The fourth-order valence-corrected chi connectivity index (χ4v) is 3.72. The summed E-state index contributed by atoms with van der Waals surface area (Å²) in [5, 5.41) is 9.97. The van der Waals surface area contributed by atoms with Crippen LogP contribution in [-0.2, 0) is 4.74 Å². The highest BCUT2D eigenvalue weighted by Crippen LogP contribution is 2.26. The topological polar surface area (TPSA) is 87.6 Å². The summed E-state index contributed by atoms with van der Waals surface area (Å²) >= 11 is 0. The number of hydrogen-bond acceptors (Lipinski definition) is 8. The highest BCUT2D eigenvalue weighted by Gasteiger charge is 2.17. The van der Waals surface area contributed by atoms with Crippen LogP contribution in [0.4, 0.5) is 23.5 Å². The summed E-state index contributed by atoms with van der Waals surface area (Å²) < 4.78 is 5.48. The molecule has 0 radical (unpaired) electrons. The molecule has 0 spiro atoms. The highest BCUT2D eigenvalue weighted by atomic mass is 16.5. The van der Waals surface area contributed by atoms with Crippen LogP contribution in [0.1, 0.15) is 11.1 Å². The van der Waals surface area contributed by atoms with Crippen LogP contribution >= 0.6 is 0 Å². The monoisotopic (exact) mass is 439 g/mol. The third kappa shape index (κ3) is 4.91. The SMILES string of the molecule is Cc1ccccc1/C=N/Nc1nc(Nc2cccc3ccccc23)nc(N2CCOCC2)n1. The van der Waals surface area contributed by atoms with Crippen molar-refractivity contribution in [1.82, 2.24) is 15.0 Å². The number of fused-ring (bicyclic) bond motifs is 1. The molecule has 1 saturated heterocycles. The second kappa shape index (κ2) is 9.62. The van der Waals surface area contributed by atoms with Crippen LogP contribution in [0.2, 0.25) is 0 Å². The van der Waals surface area contributed by atoms with Crippen molar-refractivity contribution >= 4 is 40.5 Å². The number of aromatic nitrogens is 3. The predicted octanol–water partition coefficient (Wildman–Crippen LogP) is 4.36. The molecule has 1 aliphatic heterocycles. The molecule has 1 aliphatic rings. The van der Waals surface area contributed by atoms with Gasteiger partial charge in [-0.2, -0.15) is 20.1 Å². The van der Waals surface area contributed by atoms with Crippen LogP contribution in [0.5, 0.6) is 0 Å². The average Bonchev–Trinajstić information content (AvgIpc) is 2.86. The molecule has 0 atom stereocenters. The molecule has 166 valence electrons. The number of ether oxygens (including phenoxy) is 1. The highest BCUT2D eigenvalue weighted by molar-refractivity contribution is 5.95. The van der Waals surface area contributed by atoms with Crippen molar-refractivity contribution in [3.05, 3.63) is 77.9 Å². The molecule has 4 aromatic rings. The lowest BCUT2D eigenvalue weighted by atomic mass is 10.1. The molecule has 0 unspecified atom stereocenters. The van der Waals surface area contributed by atoms with Crippen molar-refractivity contribution in [2.24, 2.45) is 5.10 Å². The van der Waals surface area contributed by atoms with Crippen molar-refractivity contribution in [3.63, 3.8) is 0 Å². The Morgan fingerprint density at radius 3 is 2.52 bits per heavy atom. The molecule has 3 aromatic carbocycles. The summed E-state index contributed by atoms with van der Waals surface area (Å²) in [6, 6.07) is 22.4. The van der Waals surface area contributed by atoms with E-state index in [1.165, 1.54) is 0 Å². The summed E-state index contributed by atoms with van der Waals surface area (Å²) in [7, 11) is 0. The van der Waals surface area contributed by atoms with E-state index >= 15 is 0 Å². The number of benzene rings is 3. The Bertz CT molecular complexity index is 1280. The standard InChI is InChI=1S/C25H25N7O/c1-18-7-2-3-9-20(18)17-26-31-24-28-23(29-25(30-24)32-13-15-33-16-14-32)27-22-12-6-10-19-8-4-5-11-21(19)22/h2-12,17H,13-16H2,1H3,(H2,27,28,29,30,31)/b26-17+. The third-order valence-corrected chi connectivity index (χ3v) is 5.51. The van der Waals surface area contributed by atoms with Gasteiger partial charge in [0.1, 0.15) is 0 Å². The predicted molar refractivity (Wildman–Crippen MR) is 132 cm³/mol. The van der Waals surface area contributed by atoms with Gasteiger partial charge in [-0.15, -0.1) is 0 Å². The number of anilines is 4.